The molecule has 2 rings (SSSR count). The van der Waals surface area contributed by atoms with Crippen LogP contribution in [0.4, 0.5) is 4.39 Å². The van der Waals surface area contributed by atoms with E-state index < -0.39 is 10.8 Å². The van der Waals surface area contributed by atoms with Gasteiger partial charge in [0.15, 0.2) is 0 Å². The first-order valence-electron chi connectivity index (χ1n) is 5.01. The van der Waals surface area contributed by atoms with Crippen LogP contribution in [0.15, 0.2) is 29.2 Å². The van der Waals surface area contributed by atoms with Crippen LogP contribution in [-0.4, -0.2) is 22.7 Å². The van der Waals surface area contributed by atoms with Crippen molar-refractivity contribution in [3.63, 3.8) is 0 Å². The predicted molar refractivity (Wildman–Crippen MR) is 56.6 cm³/mol. The van der Waals surface area contributed by atoms with E-state index in [4.69, 9.17) is 4.74 Å². The fourth-order valence-corrected chi connectivity index (χ4v) is 3.09. The van der Waals surface area contributed by atoms with Crippen molar-refractivity contribution in [3.05, 3.63) is 30.1 Å². The third-order valence-corrected chi connectivity index (χ3v) is 4.15. The molecule has 2 atom stereocenters. The number of ether oxygens (including phenoxy) is 1. The fraction of sp³-hybridized carbons (Fsp3) is 0.455. The van der Waals surface area contributed by atoms with Gasteiger partial charge in [-0.25, -0.2) is 4.39 Å². The molecule has 1 fully saturated rings. The Bertz CT molecular complexity index is 361. The van der Waals surface area contributed by atoms with Crippen LogP contribution in [-0.2, 0) is 15.5 Å². The van der Waals surface area contributed by atoms with Crippen LogP contribution in [0.3, 0.4) is 0 Å². The highest BCUT2D eigenvalue weighted by molar-refractivity contribution is 7.85. The zero-order valence-electron chi connectivity index (χ0n) is 8.32. The molecule has 1 aromatic carbocycles. The molecule has 0 aromatic heterocycles. The summed E-state index contributed by atoms with van der Waals surface area (Å²) in [6.45, 7) is 1.26. The normalized spacial score (nSPS) is 23.7. The first kappa shape index (κ1) is 10.8. The van der Waals surface area contributed by atoms with E-state index in [-0.39, 0.29) is 11.1 Å². The summed E-state index contributed by atoms with van der Waals surface area (Å²) in [4.78, 5) is 0.561. The molecule has 2 nitrogen and oxygen atoms in total. The fourth-order valence-electron chi connectivity index (χ4n) is 1.66. The van der Waals surface area contributed by atoms with Crippen molar-refractivity contribution >= 4 is 10.8 Å². The molecule has 0 amide bonds. The summed E-state index contributed by atoms with van der Waals surface area (Å²) < 4.78 is 30.2. The molecule has 0 bridgehead atoms. The molecule has 0 spiro atoms. The van der Waals surface area contributed by atoms with Crippen LogP contribution in [0.2, 0.25) is 0 Å². The molecule has 0 radical (unpaired) electrons. The number of hydrogen-bond acceptors (Lipinski definition) is 2. The van der Waals surface area contributed by atoms with Crippen molar-refractivity contribution in [2.24, 2.45) is 0 Å². The summed E-state index contributed by atoms with van der Waals surface area (Å²) in [5, 5.41) is 0.0144. The van der Waals surface area contributed by atoms with E-state index in [2.05, 4.69) is 0 Å². The van der Waals surface area contributed by atoms with E-state index >= 15 is 0 Å². The van der Waals surface area contributed by atoms with Crippen LogP contribution >= 0.6 is 0 Å². The van der Waals surface area contributed by atoms with E-state index in [0.717, 1.165) is 19.4 Å². The zero-order valence-corrected chi connectivity index (χ0v) is 9.13. The number of hydrogen-bond donors (Lipinski definition) is 0. The average Bonchev–Trinajstić information content (AvgIpc) is 2.29. The maximum Gasteiger partial charge on any atom is 0.124 e. The summed E-state index contributed by atoms with van der Waals surface area (Å²) in [5.74, 6) is -0.336. The second-order valence-electron chi connectivity index (χ2n) is 3.59. The summed E-state index contributed by atoms with van der Waals surface area (Å²) in [5.41, 5.74) is 0. The topological polar surface area (TPSA) is 26.3 Å². The lowest BCUT2D eigenvalue weighted by atomic mass is 10.2. The largest absolute Gasteiger partial charge is 0.380 e. The molecule has 82 valence electrons. The van der Waals surface area contributed by atoms with Crippen LogP contribution in [0.1, 0.15) is 12.8 Å². The van der Waals surface area contributed by atoms with Crippen LogP contribution < -0.4 is 0 Å². The van der Waals surface area contributed by atoms with Gasteiger partial charge in [0.2, 0.25) is 0 Å². The number of rotatable bonds is 2. The molecule has 1 saturated heterocycles. The van der Waals surface area contributed by atoms with E-state index in [9.17, 15) is 8.60 Å². The third kappa shape index (κ3) is 2.63. The molecule has 0 saturated carbocycles. The highest BCUT2D eigenvalue weighted by Crippen LogP contribution is 2.19. The van der Waals surface area contributed by atoms with Crippen molar-refractivity contribution in [3.8, 4) is 0 Å². The van der Waals surface area contributed by atoms with Gasteiger partial charge in [-0.2, -0.15) is 0 Å². The van der Waals surface area contributed by atoms with Gasteiger partial charge >= 0.3 is 0 Å². The highest BCUT2D eigenvalue weighted by atomic mass is 32.2. The predicted octanol–water partition coefficient (Wildman–Crippen LogP) is 2.11. The summed E-state index contributed by atoms with van der Waals surface area (Å²) in [6.07, 6.45) is 1.83. The maximum atomic E-state index is 12.9. The first-order chi connectivity index (χ1) is 7.27. The summed E-state index contributed by atoms with van der Waals surface area (Å²) >= 11 is 0. The van der Waals surface area contributed by atoms with Crippen molar-refractivity contribution in [1.82, 2.24) is 0 Å². The quantitative estimate of drug-likeness (QED) is 0.775. The zero-order chi connectivity index (χ0) is 10.7. The molecule has 15 heavy (non-hydrogen) atoms. The monoisotopic (exact) mass is 228 g/mol. The van der Waals surface area contributed by atoms with Gasteiger partial charge in [-0.05, 0) is 31.0 Å². The van der Waals surface area contributed by atoms with Crippen molar-refractivity contribution in [2.75, 3.05) is 13.2 Å². The van der Waals surface area contributed by atoms with Gasteiger partial charge in [-0.15, -0.1) is 0 Å². The standard InChI is InChI=1S/C11H13FO2S/c12-9-3-1-4-10(7-9)15(13)11-5-2-6-14-8-11/h1,3-4,7,11H,2,5-6,8H2. The molecule has 2 unspecified atom stereocenters. The van der Waals surface area contributed by atoms with Gasteiger partial charge < -0.3 is 4.74 Å². The minimum atomic E-state index is -1.15. The molecule has 4 heteroatoms. The highest BCUT2D eigenvalue weighted by Gasteiger charge is 2.21. The lowest BCUT2D eigenvalue weighted by Gasteiger charge is -2.21. The summed E-state index contributed by atoms with van der Waals surface area (Å²) in [6, 6.07) is 5.99. The summed E-state index contributed by atoms with van der Waals surface area (Å²) in [7, 11) is -1.15. The van der Waals surface area contributed by atoms with Crippen molar-refractivity contribution in [1.29, 1.82) is 0 Å². The van der Waals surface area contributed by atoms with Gasteiger partial charge in [0.1, 0.15) is 5.82 Å². The SMILES string of the molecule is O=S(c1cccc(F)c1)C1CCCOC1. The second-order valence-corrected chi connectivity index (χ2v) is 5.33. The maximum absolute atomic E-state index is 12.9. The van der Waals surface area contributed by atoms with E-state index in [1.807, 2.05) is 0 Å². The number of halogens is 1. The Kier molecular flexibility index (Phi) is 3.49. The van der Waals surface area contributed by atoms with Gasteiger partial charge in [-0.1, -0.05) is 6.07 Å². The molecule has 1 aromatic rings. The Morgan fingerprint density at radius 2 is 2.33 bits per heavy atom. The van der Waals surface area contributed by atoms with Crippen LogP contribution in [0.25, 0.3) is 0 Å². The average molecular weight is 228 g/mol. The molecule has 0 aliphatic carbocycles. The van der Waals surface area contributed by atoms with E-state index in [1.165, 1.54) is 12.1 Å². The Labute approximate surface area is 90.9 Å². The van der Waals surface area contributed by atoms with Crippen molar-refractivity contribution < 1.29 is 13.3 Å². The third-order valence-electron chi connectivity index (χ3n) is 2.45. The van der Waals surface area contributed by atoms with Gasteiger partial charge in [0, 0.05) is 11.5 Å². The van der Waals surface area contributed by atoms with E-state index in [1.54, 1.807) is 12.1 Å². The van der Waals surface area contributed by atoms with Crippen molar-refractivity contribution in [2.45, 2.75) is 23.0 Å². The Balaban J connectivity index is 2.12. The van der Waals surface area contributed by atoms with Crippen LogP contribution in [0.5, 0.6) is 0 Å². The minimum Gasteiger partial charge on any atom is -0.380 e. The molecule has 1 aliphatic rings. The molecular weight excluding hydrogens is 215 g/mol. The number of benzene rings is 1. The first-order valence-corrected chi connectivity index (χ1v) is 6.22. The molecular formula is C11H13FO2S. The lowest BCUT2D eigenvalue weighted by molar-refractivity contribution is 0.100. The van der Waals surface area contributed by atoms with Gasteiger partial charge in [-0.3, -0.25) is 4.21 Å². The minimum absolute atomic E-state index is 0.0144. The lowest BCUT2D eigenvalue weighted by Crippen LogP contribution is -2.26. The molecule has 1 aliphatic heterocycles. The Morgan fingerprint density at radius 3 is 3.00 bits per heavy atom. The molecule has 1 heterocycles. The van der Waals surface area contributed by atoms with Gasteiger partial charge in [0.05, 0.1) is 22.7 Å². The van der Waals surface area contributed by atoms with Crippen LogP contribution in [0, 0.1) is 5.82 Å². The second kappa shape index (κ2) is 4.86. The molecule has 0 N–H and O–H groups in total. The van der Waals surface area contributed by atoms with Gasteiger partial charge in [0.25, 0.3) is 0 Å². The Hall–Kier alpha value is -0.740. The smallest absolute Gasteiger partial charge is 0.124 e. The Morgan fingerprint density at radius 1 is 1.47 bits per heavy atom. The van der Waals surface area contributed by atoms with E-state index in [0.29, 0.717) is 11.5 Å².